The molecule has 1 aromatic heterocycles. The van der Waals surface area contributed by atoms with E-state index < -0.39 is 10.0 Å². The number of hydrogen-bond acceptors (Lipinski definition) is 4. The third kappa shape index (κ3) is 4.50. The molecule has 0 saturated heterocycles. The molecule has 3 aromatic rings. The number of primary sulfonamides is 1. The molecule has 1 amide bonds. The van der Waals surface area contributed by atoms with Gasteiger partial charge in [-0.15, -0.1) is 0 Å². The predicted molar refractivity (Wildman–Crippen MR) is 111 cm³/mol. The highest BCUT2D eigenvalue weighted by molar-refractivity contribution is 7.89. The monoisotopic (exact) mass is 430 g/mol. The van der Waals surface area contributed by atoms with E-state index in [1.54, 1.807) is 42.6 Å². The molecule has 0 atom stereocenters. The molecule has 1 aliphatic rings. The van der Waals surface area contributed by atoms with Crippen molar-refractivity contribution in [1.29, 1.82) is 0 Å². The Morgan fingerprint density at radius 1 is 1.24 bits per heavy atom. The molecule has 0 unspecified atom stereocenters. The van der Waals surface area contributed by atoms with Gasteiger partial charge in [-0.1, -0.05) is 29.8 Å². The van der Waals surface area contributed by atoms with E-state index in [1.165, 1.54) is 10.7 Å². The Morgan fingerprint density at radius 2 is 2.00 bits per heavy atom. The highest BCUT2D eigenvalue weighted by atomic mass is 35.5. The van der Waals surface area contributed by atoms with E-state index in [0.717, 1.165) is 18.4 Å². The second kappa shape index (κ2) is 7.62. The van der Waals surface area contributed by atoms with Crippen LogP contribution in [0.3, 0.4) is 0 Å². The minimum atomic E-state index is -4.03. The molecule has 1 saturated carbocycles. The minimum Gasteiger partial charge on any atom is -0.326 e. The first-order chi connectivity index (χ1) is 13.8. The van der Waals surface area contributed by atoms with Gasteiger partial charge in [-0.05, 0) is 54.2 Å². The first-order valence-corrected chi connectivity index (χ1v) is 11.0. The second-order valence-electron chi connectivity index (χ2n) is 7.04. The normalized spacial score (nSPS) is 14.0. The van der Waals surface area contributed by atoms with E-state index in [4.69, 9.17) is 16.7 Å². The molecule has 9 heteroatoms. The maximum absolute atomic E-state index is 12.4. The topological polar surface area (TPSA) is 107 Å². The predicted octanol–water partition coefficient (Wildman–Crippen LogP) is 3.23. The zero-order valence-electron chi connectivity index (χ0n) is 15.4. The third-order valence-corrected chi connectivity index (χ3v) is 6.07. The lowest BCUT2D eigenvalue weighted by Gasteiger charge is -2.12. The van der Waals surface area contributed by atoms with Gasteiger partial charge in [0.15, 0.2) is 0 Å². The summed E-state index contributed by atoms with van der Waals surface area (Å²) in [6.45, 7) is 0. The number of carbonyl (C=O) groups excluding carboxylic acids is 1. The highest BCUT2D eigenvalue weighted by Gasteiger charge is 2.26. The number of nitrogens with zero attached hydrogens (tertiary/aromatic N) is 2. The molecule has 0 bridgehead atoms. The molecule has 1 heterocycles. The molecular weight excluding hydrogens is 412 g/mol. The fourth-order valence-electron chi connectivity index (χ4n) is 3.12. The summed E-state index contributed by atoms with van der Waals surface area (Å²) in [6, 6.07) is 11.6. The van der Waals surface area contributed by atoms with E-state index in [2.05, 4.69) is 10.4 Å². The van der Waals surface area contributed by atoms with Crippen LogP contribution in [-0.2, 0) is 21.2 Å². The van der Waals surface area contributed by atoms with Gasteiger partial charge >= 0.3 is 0 Å². The van der Waals surface area contributed by atoms with Crippen molar-refractivity contribution in [3.8, 4) is 5.69 Å². The summed E-state index contributed by atoms with van der Waals surface area (Å²) in [6.07, 6.45) is 5.85. The van der Waals surface area contributed by atoms with Crippen molar-refractivity contribution in [2.45, 2.75) is 30.1 Å². The highest BCUT2D eigenvalue weighted by Crippen LogP contribution is 2.40. The average molecular weight is 431 g/mol. The van der Waals surface area contributed by atoms with E-state index >= 15 is 0 Å². The Bertz CT molecular complexity index is 1190. The number of amides is 1. The van der Waals surface area contributed by atoms with Gasteiger partial charge in [-0.25, -0.2) is 18.2 Å². The van der Waals surface area contributed by atoms with Crippen molar-refractivity contribution < 1.29 is 13.2 Å². The van der Waals surface area contributed by atoms with Crippen LogP contribution in [0.5, 0.6) is 0 Å². The van der Waals surface area contributed by atoms with Crippen molar-refractivity contribution in [3.05, 3.63) is 71.0 Å². The van der Waals surface area contributed by atoms with Crippen LogP contribution < -0.4 is 10.5 Å². The van der Waals surface area contributed by atoms with Gasteiger partial charge in [0.25, 0.3) is 0 Å². The number of nitrogens with one attached hydrogen (secondary N) is 1. The molecule has 4 rings (SSSR count). The van der Waals surface area contributed by atoms with Gasteiger partial charge in [0.05, 0.1) is 18.3 Å². The number of hydrogen-bond donors (Lipinski definition) is 2. The summed E-state index contributed by atoms with van der Waals surface area (Å²) in [7, 11) is -4.03. The summed E-state index contributed by atoms with van der Waals surface area (Å²) in [5.74, 6) is 0.173. The first-order valence-electron chi connectivity index (χ1n) is 9.06. The lowest BCUT2D eigenvalue weighted by Crippen LogP contribution is -2.18. The Labute approximate surface area is 173 Å². The smallest absolute Gasteiger partial charge is 0.240 e. The number of rotatable bonds is 6. The van der Waals surface area contributed by atoms with Gasteiger partial charge in [-0.2, -0.15) is 5.10 Å². The summed E-state index contributed by atoms with van der Waals surface area (Å²) >= 11 is 6.09. The number of anilines is 1. The lowest BCUT2D eigenvalue weighted by atomic mass is 10.1. The molecule has 150 valence electrons. The van der Waals surface area contributed by atoms with Gasteiger partial charge in [-0.3, -0.25) is 4.79 Å². The third-order valence-electron chi connectivity index (χ3n) is 4.76. The Kier molecular flexibility index (Phi) is 5.16. The quantitative estimate of drug-likeness (QED) is 0.625. The molecule has 0 aliphatic heterocycles. The van der Waals surface area contributed by atoms with Crippen molar-refractivity contribution in [2.24, 2.45) is 5.14 Å². The average Bonchev–Trinajstić information content (AvgIpc) is 3.40. The maximum Gasteiger partial charge on any atom is 0.240 e. The van der Waals surface area contributed by atoms with Crippen LogP contribution in [0.1, 0.15) is 29.9 Å². The van der Waals surface area contributed by atoms with Crippen LogP contribution >= 0.6 is 11.6 Å². The number of sulfonamides is 1. The number of halogens is 1. The van der Waals surface area contributed by atoms with Crippen LogP contribution in [0, 0.1) is 0 Å². The standard InChI is InChI=1S/C20H19ClN4O3S/c21-17-4-2-1-3-14(17)9-20(26)24-16-7-8-18(19(10-16)29(22,27)28)25-12-15(11-23-25)13-5-6-13/h1-4,7-8,10-13H,5-6,9H2,(H,24,26)(H2,22,27,28). The SMILES string of the molecule is NS(=O)(=O)c1cc(NC(=O)Cc2ccccc2Cl)ccc1-n1cc(C2CC2)cn1. The van der Waals surface area contributed by atoms with Gasteiger partial charge < -0.3 is 5.32 Å². The molecule has 7 nitrogen and oxygen atoms in total. The van der Waals surface area contributed by atoms with Gasteiger partial charge in [0, 0.05) is 16.9 Å². The first kappa shape index (κ1) is 19.6. The van der Waals surface area contributed by atoms with E-state index in [9.17, 15) is 13.2 Å². The zero-order chi connectivity index (χ0) is 20.6. The molecule has 29 heavy (non-hydrogen) atoms. The van der Waals surface area contributed by atoms with E-state index in [1.807, 2.05) is 6.20 Å². The molecular formula is C20H19ClN4O3S. The minimum absolute atomic E-state index is 0.0655. The van der Waals surface area contributed by atoms with Gasteiger partial charge in [0.1, 0.15) is 4.90 Å². The Hall–Kier alpha value is -2.68. The Morgan fingerprint density at radius 3 is 2.69 bits per heavy atom. The number of benzene rings is 2. The van der Waals surface area contributed by atoms with E-state index in [0.29, 0.717) is 27.9 Å². The summed E-state index contributed by atoms with van der Waals surface area (Å²) < 4.78 is 25.8. The fourth-order valence-corrected chi connectivity index (χ4v) is 4.07. The van der Waals surface area contributed by atoms with Crippen molar-refractivity contribution >= 4 is 33.2 Å². The number of nitrogens with two attached hydrogens (primary N) is 1. The number of carbonyl (C=O) groups is 1. The van der Waals surface area contributed by atoms with Crippen LogP contribution in [0.15, 0.2) is 59.8 Å². The van der Waals surface area contributed by atoms with Crippen LogP contribution in [0.4, 0.5) is 5.69 Å². The Balaban J connectivity index is 1.60. The molecule has 3 N–H and O–H groups in total. The summed E-state index contributed by atoms with van der Waals surface area (Å²) in [4.78, 5) is 12.3. The second-order valence-corrected chi connectivity index (χ2v) is 8.97. The van der Waals surface area contributed by atoms with Crippen LogP contribution in [-0.4, -0.2) is 24.1 Å². The largest absolute Gasteiger partial charge is 0.326 e. The van der Waals surface area contributed by atoms with Crippen LogP contribution in [0.2, 0.25) is 5.02 Å². The van der Waals surface area contributed by atoms with Gasteiger partial charge in [0.2, 0.25) is 15.9 Å². The molecule has 0 spiro atoms. The van der Waals surface area contributed by atoms with Crippen LogP contribution in [0.25, 0.3) is 5.69 Å². The molecule has 1 aliphatic carbocycles. The van der Waals surface area contributed by atoms with Crippen molar-refractivity contribution in [1.82, 2.24) is 9.78 Å². The van der Waals surface area contributed by atoms with E-state index in [-0.39, 0.29) is 17.2 Å². The van der Waals surface area contributed by atoms with Crippen molar-refractivity contribution in [3.63, 3.8) is 0 Å². The zero-order valence-corrected chi connectivity index (χ0v) is 16.9. The molecule has 2 aromatic carbocycles. The summed E-state index contributed by atoms with van der Waals surface area (Å²) in [5.41, 5.74) is 2.41. The maximum atomic E-state index is 12.4. The molecule has 0 radical (unpaired) electrons. The molecule has 1 fully saturated rings. The fraction of sp³-hybridized carbons (Fsp3) is 0.200. The number of aromatic nitrogens is 2. The lowest BCUT2D eigenvalue weighted by molar-refractivity contribution is -0.115. The van der Waals surface area contributed by atoms with Crippen molar-refractivity contribution in [2.75, 3.05) is 5.32 Å². The summed E-state index contributed by atoms with van der Waals surface area (Å²) in [5, 5.41) is 12.9.